The van der Waals surface area contributed by atoms with Crippen molar-refractivity contribution in [2.24, 2.45) is 5.73 Å². The van der Waals surface area contributed by atoms with Gasteiger partial charge >= 0.3 is 6.09 Å². The molecule has 2 aromatic carbocycles. The molecule has 12 heteroatoms. The van der Waals surface area contributed by atoms with Gasteiger partial charge in [-0.3, -0.25) is 19.4 Å². The summed E-state index contributed by atoms with van der Waals surface area (Å²) in [6, 6.07) is 11.4. The van der Waals surface area contributed by atoms with Gasteiger partial charge in [-0.15, -0.1) is 11.8 Å². The molecular weight excluding hydrogens is 575 g/mol. The highest BCUT2D eigenvalue weighted by Crippen LogP contribution is 2.27. The standard InChI is InChI=1S/C28H34Cl2N4O5S/c29-22-5-4-6-23(30)21(22)18-39-20-9-7-19(8-10-20)17-24(25(31)35)32-26(36)27-34(14-16-40-27)28(37)38-15-13-33-11-2-1-3-12-33/h4-10,24,27H,1-3,11-18H2,(H2,31,35)(H,32,36)/t24-,27?/m0/s1. The normalized spacial score (nSPS) is 18.2. The smallest absolute Gasteiger partial charge is 0.411 e. The van der Waals surface area contributed by atoms with Crippen LogP contribution in [-0.4, -0.2) is 77.7 Å². The topological polar surface area (TPSA) is 114 Å². The maximum Gasteiger partial charge on any atom is 0.411 e. The zero-order valence-corrected chi connectivity index (χ0v) is 24.5. The van der Waals surface area contributed by atoms with E-state index < -0.39 is 29.3 Å². The number of hydrogen-bond donors (Lipinski definition) is 2. The van der Waals surface area contributed by atoms with Crippen molar-refractivity contribution in [3.63, 3.8) is 0 Å². The summed E-state index contributed by atoms with van der Waals surface area (Å²) in [6.07, 6.45) is 3.24. The second-order valence-corrected chi connectivity index (χ2v) is 11.7. The number of ether oxygens (including phenoxy) is 2. The van der Waals surface area contributed by atoms with E-state index >= 15 is 0 Å². The Morgan fingerprint density at radius 1 is 1.02 bits per heavy atom. The quantitative estimate of drug-likeness (QED) is 0.395. The molecule has 3 N–H and O–H groups in total. The summed E-state index contributed by atoms with van der Waals surface area (Å²) in [4.78, 5) is 41.7. The van der Waals surface area contributed by atoms with Crippen LogP contribution in [0.15, 0.2) is 42.5 Å². The third-order valence-corrected chi connectivity index (χ3v) is 8.81. The summed E-state index contributed by atoms with van der Waals surface area (Å²) < 4.78 is 11.3. The fourth-order valence-electron chi connectivity index (χ4n) is 4.65. The van der Waals surface area contributed by atoms with Crippen LogP contribution in [0.5, 0.6) is 5.75 Å². The number of rotatable bonds is 11. The number of primary amides is 1. The molecule has 0 saturated carbocycles. The summed E-state index contributed by atoms with van der Waals surface area (Å²) >= 11 is 13.7. The van der Waals surface area contributed by atoms with Crippen LogP contribution in [-0.2, 0) is 27.4 Å². The average Bonchev–Trinajstić information content (AvgIpc) is 3.44. The van der Waals surface area contributed by atoms with E-state index in [-0.39, 0.29) is 19.6 Å². The van der Waals surface area contributed by atoms with Crippen LogP contribution in [0.25, 0.3) is 0 Å². The van der Waals surface area contributed by atoms with Crippen LogP contribution in [0, 0.1) is 0 Å². The van der Waals surface area contributed by atoms with Gasteiger partial charge in [-0.1, -0.05) is 47.8 Å². The van der Waals surface area contributed by atoms with Crippen LogP contribution >= 0.6 is 35.0 Å². The predicted octanol–water partition coefficient (Wildman–Crippen LogP) is 4.08. The highest BCUT2D eigenvalue weighted by atomic mass is 35.5. The lowest BCUT2D eigenvalue weighted by Crippen LogP contribution is -2.52. The molecule has 2 aromatic rings. The molecule has 2 fully saturated rings. The van der Waals surface area contributed by atoms with Crippen molar-refractivity contribution in [2.75, 3.05) is 38.5 Å². The van der Waals surface area contributed by atoms with E-state index in [9.17, 15) is 14.4 Å². The first-order valence-corrected chi connectivity index (χ1v) is 15.1. The molecule has 216 valence electrons. The molecule has 2 saturated heterocycles. The molecule has 2 aliphatic rings. The molecule has 4 rings (SSSR count). The Labute approximate surface area is 248 Å². The Kier molecular flexibility index (Phi) is 11.2. The number of thioether (sulfide) groups is 1. The van der Waals surface area contributed by atoms with Crippen molar-refractivity contribution in [1.82, 2.24) is 15.1 Å². The number of piperidine rings is 1. The van der Waals surface area contributed by atoms with Crippen molar-refractivity contribution in [1.29, 1.82) is 0 Å². The molecule has 9 nitrogen and oxygen atoms in total. The summed E-state index contributed by atoms with van der Waals surface area (Å²) in [5, 5.41) is 2.98. The van der Waals surface area contributed by atoms with E-state index in [0.717, 1.165) is 31.5 Å². The average molecular weight is 610 g/mol. The summed E-state index contributed by atoms with van der Waals surface area (Å²) in [7, 11) is 0. The second-order valence-electron chi connectivity index (χ2n) is 9.73. The lowest BCUT2D eigenvalue weighted by Gasteiger charge is -2.27. The lowest BCUT2D eigenvalue weighted by molar-refractivity contribution is -0.128. The van der Waals surface area contributed by atoms with Crippen molar-refractivity contribution >= 4 is 52.9 Å². The van der Waals surface area contributed by atoms with Gasteiger partial charge < -0.3 is 20.5 Å². The van der Waals surface area contributed by atoms with Crippen LogP contribution in [0.4, 0.5) is 4.79 Å². The van der Waals surface area contributed by atoms with Gasteiger partial charge in [0.05, 0.1) is 0 Å². The minimum atomic E-state index is -0.945. The van der Waals surface area contributed by atoms with Gasteiger partial charge in [0.2, 0.25) is 5.91 Å². The third-order valence-electron chi connectivity index (χ3n) is 6.90. The van der Waals surface area contributed by atoms with E-state index in [1.807, 2.05) is 0 Å². The van der Waals surface area contributed by atoms with Gasteiger partial charge in [-0.25, -0.2) is 4.79 Å². The number of amides is 3. The minimum Gasteiger partial charge on any atom is -0.489 e. The number of carbonyl (C=O) groups excluding carboxylic acids is 3. The molecule has 0 aliphatic carbocycles. The molecule has 0 radical (unpaired) electrons. The SMILES string of the molecule is NC(=O)[C@H](Cc1ccc(OCc2c(Cl)cccc2Cl)cc1)NC(=O)C1SCCN1C(=O)OCCN1CCCCC1. The Morgan fingerprint density at radius 2 is 1.73 bits per heavy atom. The van der Waals surface area contributed by atoms with Crippen molar-refractivity contribution < 1.29 is 23.9 Å². The van der Waals surface area contributed by atoms with Gasteiger partial charge in [-0.05, 0) is 55.8 Å². The molecule has 0 aromatic heterocycles. The van der Waals surface area contributed by atoms with Crippen molar-refractivity contribution in [2.45, 2.75) is 43.7 Å². The lowest BCUT2D eigenvalue weighted by atomic mass is 10.1. The Balaban J connectivity index is 1.27. The van der Waals surface area contributed by atoms with Crippen molar-refractivity contribution in [3.05, 3.63) is 63.6 Å². The number of halogens is 2. The monoisotopic (exact) mass is 608 g/mol. The van der Waals surface area contributed by atoms with E-state index in [1.165, 1.54) is 23.1 Å². The molecule has 40 heavy (non-hydrogen) atoms. The number of carbonyl (C=O) groups is 3. The minimum absolute atomic E-state index is 0.190. The number of hydrogen-bond acceptors (Lipinski definition) is 7. The predicted molar refractivity (Wildman–Crippen MR) is 157 cm³/mol. The van der Waals surface area contributed by atoms with Gasteiger partial charge in [-0.2, -0.15) is 0 Å². The molecular formula is C28H34Cl2N4O5S. The fourth-order valence-corrected chi connectivity index (χ4v) is 6.27. The van der Waals surface area contributed by atoms with Crippen LogP contribution in [0.1, 0.15) is 30.4 Å². The first-order valence-electron chi connectivity index (χ1n) is 13.3. The number of benzene rings is 2. The van der Waals surface area contributed by atoms with E-state index in [0.29, 0.717) is 40.2 Å². The zero-order valence-electron chi connectivity index (χ0n) is 22.2. The van der Waals surface area contributed by atoms with Gasteiger partial charge in [0.15, 0.2) is 5.37 Å². The fraction of sp³-hybridized carbons (Fsp3) is 0.464. The van der Waals surface area contributed by atoms with Crippen LogP contribution < -0.4 is 15.8 Å². The van der Waals surface area contributed by atoms with Crippen molar-refractivity contribution in [3.8, 4) is 5.75 Å². The second kappa shape index (κ2) is 14.8. The van der Waals surface area contributed by atoms with E-state index in [1.54, 1.807) is 42.5 Å². The Bertz CT molecular complexity index is 1160. The first-order chi connectivity index (χ1) is 19.3. The molecule has 2 atom stereocenters. The van der Waals surface area contributed by atoms with Gasteiger partial charge in [0.25, 0.3) is 5.91 Å². The molecule has 0 bridgehead atoms. The number of nitrogens with one attached hydrogen (secondary N) is 1. The van der Waals surface area contributed by atoms with Gasteiger partial charge in [0, 0.05) is 40.9 Å². The van der Waals surface area contributed by atoms with Crippen LogP contribution in [0.2, 0.25) is 10.0 Å². The molecule has 2 heterocycles. The number of nitrogens with two attached hydrogens (primary N) is 1. The highest BCUT2D eigenvalue weighted by molar-refractivity contribution is 8.00. The number of likely N-dealkylation sites (tertiary alicyclic amines) is 1. The molecule has 0 spiro atoms. The van der Waals surface area contributed by atoms with Gasteiger partial charge in [0.1, 0.15) is 25.0 Å². The Hall–Kier alpha value is -2.66. The molecule has 2 aliphatic heterocycles. The zero-order chi connectivity index (χ0) is 28.5. The summed E-state index contributed by atoms with van der Waals surface area (Å²) in [5.41, 5.74) is 7.08. The Morgan fingerprint density at radius 3 is 2.40 bits per heavy atom. The summed E-state index contributed by atoms with van der Waals surface area (Å²) in [6.45, 7) is 3.60. The maximum absolute atomic E-state index is 13.1. The first kappa shape index (κ1) is 30.3. The molecule has 1 unspecified atom stereocenters. The maximum atomic E-state index is 13.1. The highest BCUT2D eigenvalue weighted by Gasteiger charge is 2.37. The third kappa shape index (κ3) is 8.42. The number of nitrogens with zero attached hydrogens (tertiary/aromatic N) is 2. The molecule has 3 amide bonds. The van der Waals surface area contributed by atoms with Crippen LogP contribution in [0.3, 0.4) is 0 Å². The summed E-state index contributed by atoms with van der Waals surface area (Å²) in [5.74, 6) is 0.0780. The van der Waals surface area contributed by atoms with E-state index in [2.05, 4.69) is 10.2 Å². The largest absolute Gasteiger partial charge is 0.489 e. The van der Waals surface area contributed by atoms with E-state index in [4.69, 9.17) is 38.4 Å².